The van der Waals surface area contributed by atoms with Crippen LogP contribution < -0.4 is 5.32 Å². The van der Waals surface area contributed by atoms with E-state index in [0.29, 0.717) is 42.4 Å². The first kappa shape index (κ1) is 21.3. The van der Waals surface area contributed by atoms with Gasteiger partial charge in [-0.1, -0.05) is 29.8 Å². The Hall–Kier alpha value is -1.89. The maximum Gasteiger partial charge on any atom is 0.243 e. The number of carbonyl (C=O) groups is 1. The van der Waals surface area contributed by atoms with Crippen molar-refractivity contribution in [2.75, 3.05) is 13.1 Å². The number of sulfonamides is 1. The summed E-state index contributed by atoms with van der Waals surface area (Å²) in [6, 6.07) is 12.9. The molecule has 160 valence electrons. The van der Waals surface area contributed by atoms with Gasteiger partial charge >= 0.3 is 0 Å². The zero-order valence-corrected chi connectivity index (χ0v) is 18.5. The van der Waals surface area contributed by atoms with E-state index in [0.717, 1.165) is 24.8 Å². The molecule has 1 amide bonds. The third-order valence-corrected chi connectivity index (χ3v) is 8.31. The van der Waals surface area contributed by atoms with E-state index in [-0.39, 0.29) is 11.8 Å². The molecule has 2 aliphatic rings. The molecule has 0 bridgehead atoms. The first-order valence-electron chi connectivity index (χ1n) is 10.6. The van der Waals surface area contributed by atoms with E-state index in [2.05, 4.69) is 5.32 Å². The van der Waals surface area contributed by atoms with Gasteiger partial charge in [-0.25, -0.2) is 8.42 Å². The predicted octanol–water partition coefficient (Wildman–Crippen LogP) is 3.94. The van der Waals surface area contributed by atoms with Gasteiger partial charge in [0, 0.05) is 30.6 Å². The summed E-state index contributed by atoms with van der Waals surface area (Å²) in [6.07, 6.45) is 5.35. The van der Waals surface area contributed by atoms with Crippen LogP contribution in [0.4, 0.5) is 0 Å². The van der Waals surface area contributed by atoms with Gasteiger partial charge in [-0.3, -0.25) is 4.79 Å². The van der Waals surface area contributed by atoms with Crippen LogP contribution in [0.15, 0.2) is 47.4 Å². The highest BCUT2D eigenvalue weighted by Gasteiger charge is 2.32. The fourth-order valence-electron chi connectivity index (χ4n) is 4.31. The molecule has 30 heavy (non-hydrogen) atoms. The Labute approximate surface area is 183 Å². The molecule has 2 aromatic rings. The third kappa shape index (κ3) is 4.71. The molecule has 0 unspecified atom stereocenters. The number of fused-ring (bicyclic) bond motifs is 1. The number of rotatable bonds is 5. The van der Waals surface area contributed by atoms with Crippen LogP contribution in [0.3, 0.4) is 0 Å². The Balaban J connectivity index is 1.34. The molecule has 2 aromatic carbocycles. The van der Waals surface area contributed by atoms with E-state index in [9.17, 15) is 13.2 Å². The van der Waals surface area contributed by atoms with Crippen molar-refractivity contribution in [1.29, 1.82) is 0 Å². The number of benzene rings is 2. The Bertz CT molecular complexity index is 1010. The van der Waals surface area contributed by atoms with Crippen molar-refractivity contribution in [3.8, 4) is 0 Å². The number of nitrogens with one attached hydrogen (secondary N) is 1. The lowest BCUT2D eigenvalue weighted by molar-refractivity contribution is -0.126. The predicted molar refractivity (Wildman–Crippen MR) is 118 cm³/mol. The minimum atomic E-state index is -3.51. The van der Waals surface area contributed by atoms with Gasteiger partial charge in [-0.15, -0.1) is 0 Å². The Morgan fingerprint density at radius 2 is 1.67 bits per heavy atom. The molecule has 5 nitrogen and oxygen atoms in total. The molecule has 1 aliphatic carbocycles. The maximum atomic E-state index is 13.1. The lowest BCUT2D eigenvalue weighted by Gasteiger charge is -2.31. The second-order valence-electron chi connectivity index (χ2n) is 8.16. The molecule has 1 saturated heterocycles. The molecule has 0 radical (unpaired) electrons. The van der Waals surface area contributed by atoms with E-state index in [1.54, 1.807) is 18.2 Å². The fraction of sp³-hybridized carbons (Fsp3) is 0.435. The lowest BCUT2D eigenvalue weighted by atomic mass is 9.92. The summed E-state index contributed by atoms with van der Waals surface area (Å²) >= 11 is 5.88. The standard InChI is InChI=1S/C23H27ClN2O3S/c24-21-8-5-17(6-9-21)16-25-23(27)19-11-13-26(14-12-19)30(28,29)22-10-7-18-3-1-2-4-20(18)15-22/h5-10,15,19H,1-4,11-14,16H2,(H,25,27). The summed E-state index contributed by atoms with van der Waals surface area (Å²) in [4.78, 5) is 12.9. The van der Waals surface area contributed by atoms with Gasteiger partial charge in [0.15, 0.2) is 0 Å². The van der Waals surface area contributed by atoms with Crippen LogP contribution in [0.25, 0.3) is 0 Å². The zero-order chi connectivity index (χ0) is 21.1. The first-order chi connectivity index (χ1) is 14.4. The number of hydrogen-bond acceptors (Lipinski definition) is 3. The van der Waals surface area contributed by atoms with Crippen LogP contribution >= 0.6 is 11.6 Å². The van der Waals surface area contributed by atoms with E-state index < -0.39 is 10.0 Å². The van der Waals surface area contributed by atoms with Crippen molar-refractivity contribution < 1.29 is 13.2 Å². The number of halogens is 1. The largest absolute Gasteiger partial charge is 0.352 e. The number of carbonyl (C=O) groups excluding carboxylic acids is 1. The van der Waals surface area contributed by atoms with Gasteiger partial charge in [0.1, 0.15) is 0 Å². The van der Waals surface area contributed by atoms with Crippen molar-refractivity contribution in [3.63, 3.8) is 0 Å². The minimum Gasteiger partial charge on any atom is -0.352 e. The quantitative estimate of drug-likeness (QED) is 0.756. The number of amides is 1. The topological polar surface area (TPSA) is 66.5 Å². The smallest absolute Gasteiger partial charge is 0.243 e. The fourth-order valence-corrected chi connectivity index (χ4v) is 5.96. The molecule has 1 N–H and O–H groups in total. The Morgan fingerprint density at radius 1 is 1.00 bits per heavy atom. The van der Waals surface area contributed by atoms with E-state index in [4.69, 9.17) is 11.6 Å². The van der Waals surface area contributed by atoms with E-state index in [1.807, 2.05) is 24.3 Å². The molecule has 0 atom stereocenters. The minimum absolute atomic E-state index is 0.0178. The molecule has 7 heteroatoms. The average Bonchev–Trinajstić information content (AvgIpc) is 2.78. The Morgan fingerprint density at radius 3 is 2.37 bits per heavy atom. The van der Waals surface area contributed by atoms with Crippen LogP contribution in [0, 0.1) is 5.92 Å². The first-order valence-corrected chi connectivity index (χ1v) is 12.4. The number of aryl methyl sites for hydroxylation is 2. The van der Waals surface area contributed by atoms with Crippen molar-refractivity contribution in [1.82, 2.24) is 9.62 Å². The lowest BCUT2D eigenvalue weighted by Crippen LogP contribution is -2.42. The van der Waals surface area contributed by atoms with E-state index in [1.165, 1.54) is 21.9 Å². The summed E-state index contributed by atoms with van der Waals surface area (Å²) in [7, 11) is -3.51. The molecular formula is C23H27ClN2O3S. The van der Waals surface area contributed by atoms with Gasteiger partial charge < -0.3 is 5.32 Å². The van der Waals surface area contributed by atoms with Crippen LogP contribution in [0.2, 0.25) is 5.02 Å². The average molecular weight is 447 g/mol. The molecule has 1 heterocycles. The molecule has 1 fully saturated rings. The van der Waals surface area contributed by atoms with Crippen LogP contribution in [-0.2, 0) is 34.2 Å². The molecule has 0 saturated carbocycles. The van der Waals surface area contributed by atoms with Crippen LogP contribution in [0.1, 0.15) is 42.4 Å². The molecule has 1 aliphatic heterocycles. The van der Waals surface area contributed by atoms with Gasteiger partial charge in [0.25, 0.3) is 0 Å². The monoisotopic (exact) mass is 446 g/mol. The van der Waals surface area contributed by atoms with Crippen LogP contribution in [-0.4, -0.2) is 31.7 Å². The third-order valence-electron chi connectivity index (χ3n) is 6.16. The van der Waals surface area contributed by atoms with Gasteiger partial charge in [-0.05, 0) is 79.5 Å². The van der Waals surface area contributed by atoms with Crippen LogP contribution in [0.5, 0.6) is 0 Å². The van der Waals surface area contributed by atoms with Crippen molar-refractivity contribution in [2.24, 2.45) is 5.92 Å². The van der Waals surface area contributed by atoms with Gasteiger partial charge in [-0.2, -0.15) is 4.31 Å². The molecule has 0 spiro atoms. The van der Waals surface area contributed by atoms with Gasteiger partial charge in [0.05, 0.1) is 4.90 Å². The number of hydrogen-bond donors (Lipinski definition) is 1. The van der Waals surface area contributed by atoms with Crippen molar-refractivity contribution >= 4 is 27.5 Å². The normalized spacial score (nSPS) is 18.0. The molecule has 4 rings (SSSR count). The summed E-state index contributed by atoms with van der Waals surface area (Å²) in [5.41, 5.74) is 3.43. The van der Waals surface area contributed by atoms with Gasteiger partial charge in [0.2, 0.25) is 15.9 Å². The summed E-state index contributed by atoms with van der Waals surface area (Å²) in [6.45, 7) is 1.19. The highest BCUT2D eigenvalue weighted by molar-refractivity contribution is 7.89. The summed E-state index contributed by atoms with van der Waals surface area (Å²) in [5, 5.41) is 3.62. The molecule has 0 aromatic heterocycles. The van der Waals surface area contributed by atoms with Crippen molar-refractivity contribution in [2.45, 2.75) is 50.0 Å². The SMILES string of the molecule is O=C(NCc1ccc(Cl)cc1)C1CCN(S(=O)(=O)c2ccc3c(c2)CCCC3)CC1. The second-order valence-corrected chi connectivity index (χ2v) is 10.5. The summed E-state index contributed by atoms with van der Waals surface area (Å²) in [5.74, 6) is -0.178. The van der Waals surface area contributed by atoms with E-state index >= 15 is 0 Å². The Kier molecular flexibility index (Phi) is 6.46. The maximum absolute atomic E-state index is 13.1. The second kappa shape index (κ2) is 9.08. The van der Waals surface area contributed by atoms with Crippen molar-refractivity contribution in [3.05, 3.63) is 64.2 Å². The number of nitrogens with zero attached hydrogens (tertiary/aromatic N) is 1. The highest BCUT2D eigenvalue weighted by atomic mass is 35.5. The zero-order valence-electron chi connectivity index (χ0n) is 16.9. The number of piperidine rings is 1. The summed E-state index contributed by atoms with van der Waals surface area (Å²) < 4.78 is 27.7. The highest BCUT2D eigenvalue weighted by Crippen LogP contribution is 2.28. The molecular weight excluding hydrogens is 420 g/mol.